The fourth-order valence-electron chi connectivity index (χ4n) is 2.32. The Balaban J connectivity index is 3.07. The van der Waals surface area contributed by atoms with E-state index in [0.29, 0.717) is 11.5 Å². The lowest BCUT2D eigenvalue weighted by Crippen LogP contribution is -2.55. The minimum absolute atomic E-state index is 0.194. The molecule has 0 bridgehead atoms. The van der Waals surface area contributed by atoms with Gasteiger partial charge < -0.3 is 24.3 Å². The fraction of sp³-hybridized carbons (Fsp3) is 0.556. The zero-order valence-corrected chi connectivity index (χ0v) is 15.9. The van der Waals surface area contributed by atoms with Gasteiger partial charge in [-0.05, 0) is 45.4 Å². The van der Waals surface area contributed by atoms with Crippen molar-refractivity contribution in [3.8, 4) is 11.5 Å². The summed E-state index contributed by atoms with van der Waals surface area (Å²) in [6.45, 7) is 6.82. The third-order valence-electron chi connectivity index (χ3n) is 3.42. The van der Waals surface area contributed by atoms with Crippen molar-refractivity contribution in [2.45, 2.75) is 45.3 Å². The van der Waals surface area contributed by atoms with Crippen LogP contribution in [-0.4, -0.2) is 44.5 Å². The molecular formula is C18H27NO6. The third-order valence-corrected chi connectivity index (χ3v) is 3.42. The van der Waals surface area contributed by atoms with Crippen LogP contribution in [0.3, 0.4) is 0 Å². The van der Waals surface area contributed by atoms with Crippen LogP contribution in [0.5, 0.6) is 11.5 Å². The number of rotatable bonds is 6. The minimum atomic E-state index is -1.29. The first-order chi connectivity index (χ1) is 11.5. The van der Waals surface area contributed by atoms with Crippen LogP contribution in [0.15, 0.2) is 18.2 Å². The second-order valence-corrected chi connectivity index (χ2v) is 6.82. The van der Waals surface area contributed by atoms with Crippen molar-refractivity contribution < 1.29 is 28.5 Å². The molecule has 0 saturated heterocycles. The molecule has 1 amide bonds. The van der Waals surface area contributed by atoms with E-state index < -0.39 is 23.2 Å². The molecule has 0 unspecified atom stereocenters. The van der Waals surface area contributed by atoms with Gasteiger partial charge in [0.05, 0.1) is 21.3 Å². The maximum absolute atomic E-state index is 12.3. The van der Waals surface area contributed by atoms with Gasteiger partial charge >= 0.3 is 12.1 Å². The fourth-order valence-corrected chi connectivity index (χ4v) is 2.32. The normalized spacial score (nSPS) is 13.4. The lowest BCUT2D eigenvalue weighted by molar-refractivity contribution is -0.147. The SMILES string of the molecule is COC(=O)[C@](C)(Cc1ccc(OC)c(OC)c1)NC(=O)OC(C)(C)C. The molecule has 1 atom stereocenters. The van der Waals surface area contributed by atoms with Gasteiger partial charge in [0.15, 0.2) is 11.5 Å². The number of amides is 1. The molecule has 0 fully saturated rings. The van der Waals surface area contributed by atoms with Crippen molar-refractivity contribution in [2.24, 2.45) is 0 Å². The Hall–Kier alpha value is -2.44. The summed E-state index contributed by atoms with van der Waals surface area (Å²) in [6, 6.07) is 5.27. The van der Waals surface area contributed by atoms with Crippen LogP contribution in [0.25, 0.3) is 0 Å². The predicted molar refractivity (Wildman–Crippen MR) is 93.0 cm³/mol. The third kappa shape index (κ3) is 5.85. The maximum atomic E-state index is 12.3. The van der Waals surface area contributed by atoms with Gasteiger partial charge in [-0.2, -0.15) is 0 Å². The van der Waals surface area contributed by atoms with E-state index in [9.17, 15) is 9.59 Å². The van der Waals surface area contributed by atoms with Crippen molar-refractivity contribution in [2.75, 3.05) is 21.3 Å². The number of esters is 1. The molecule has 0 aromatic heterocycles. The summed E-state index contributed by atoms with van der Waals surface area (Å²) < 4.78 is 20.6. The first-order valence-electron chi connectivity index (χ1n) is 7.85. The zero-order valence-electron chi connectivity index (χ0n) is 15.9. The molecule has 1 rings (SSSR count). The van der Waals surface area contributed by atoms with E-state index in [1.165, 1.54) is 14.2 Å². The first-order valence-corrected chi connectivity index (χ1v) is 7.85. The van der Waals surface area contributed by atoms with Crippen LogP contribution >= 0.6 is 0 Å². The summed E-state index contributed by atoms with van der Waals surface area (Å²) >= 11 is 0. The van der Waals surface area contributed by atoms with Crippen molar-refractivity contribution in [3.05, 3.63) is 23.8 Å². The molecule has 0 spiro atoms. The highest BCUT2D eigenvalue weighted by Crippen LogP contribution is 2.29. The standard InChI is InChI=1S/C18H27NO6/c1-17(2,3)25-16(21)19-18(4,15(20)24-7)11-12-8-9-13(22-5)14(10-12)23-6/h8-10H,11H2,1-7H3,(H,19,21)/t18-/m0/s1. The number of hydrogen-bond acceptors (Lipinski definition) is 6. The molecule has 0 radical (unpaired) electrons. The number of carbonyl (C=O) groups is 2. The number of nitrogens with one attached hydrogen (secondary N) is 1. The van der Waals surface area contributed by atoms with E-state index in [1.807, 2.05) is 0 Å². The summed E-state index contributed by atoms with van der Waals surface area (Å²) in [4.78, 5) is 24.4. The monoisotopic (exact) mass is 353 g/mol. The average Bonchev–Trinajstić information content (AvgIpc) is 2.51. The zero-order chi connectivity index (χ0) is 19.3. The molecule has 140 valence electrons. The van der Waals surface area contributed by atoms with Gasteiger partial charge in [-0.1, -0.05) is 6.07 Å². The largest absolute Gasteiger partial charge is 0.493 e. The molecule has 0 saturated carbocycles. The van der Waals surface area contributed by atoms with Crippen LogP contribution in [-0.2, 0) is 20.7 Å². The van der Waals surface area contributed by atoms with Gasteiger partial charge in [-0.3, -0.25) is 0 Å². The number of hydrogen-bond donors (Lipinski definition) is 1. The van der Waals surface area contributed by atoms with Crippen molar-refractivity contribution >= 4 is 12.1 Å². The molecule has 0 aliphatic heterocycles. The summed E-state index contributed by atoms with van der Waals surface area (Å²) in [5.41, 5.74) is -1.21. The molecule has 7 nitrogen and oxygen atoms in total. The van der Waals surface area contributed by atoms with E-state index >= 15 is 0 Å². The van der Waals surface area contributed by atoms with Crippen LogP contribution in [0.1, 0.15) is 33.3 Å². The first kappa shape index (κ1) is 20.6. The van der Waals surface area contributed by atoms with Gasteiger partial charge in [-0.15, -0.1) is 0 Å². The quantitative estimate of drug-likeness (QED) is 0.792. The predicted octanol–water partition coefficient (Wildman–Crippen LogP) is 2.70. The molecule has 25 heavy (non-hydrogen) atoms. The number of benzene rings is 1. The Bertz CT molecular complexity index is 622. The molecule has 0 aliphatic rings. The molecule has 1 aromatic rings. The van der Waals surface area contributed by atoms with Gasteiger partial charge in [0.1, 0.15) is 11.1 Å². The molecular weight excluding hydrogens is 326 g/mol. The molecule has 7 heteroatoms. The lowest BCUT2D eigenvalue weighted by atomic mass is 9.92. The van der Waals surface area contributed by atoms with Crippen molar-refractivity contribution in [1.82, 2.24) is 5.32 Å². The molecule has 0 heterocycles. The van der Waals surface area contributed by atoms with Crippen LogP contribution in [0, 0.1) is 0 Å². The van der Waals surface area contributed by atoms with E-state index in [-0.39, 0.29) is 6.42 Å². The van der Waals surface area contributed by atoms with Crippen molar-refractivity contribution in [3.63, 3.8) is 0 Å². The highest BCUT2D eigenvalue weighted by atomic mass is 16.6. The van der Waals surface area contributed by atoms with Crippen molar-refractivity contribution in [1.29, 1.82) is 0 Å². The average molecular weight is 353 g/mol. The van der Waals surface area contributed by atoms with Gasteiger partial charge in [0.2, 0.25) is 0 Å². The summed E-state index contributed by atoms with van der Waals surface area (Å²) in [6.07, 6.45) is -0.500. The molecule has 0 aliphatic carbocycles. The van der Waals surface area contributed by atoms with Gasteiger partial charge in [0.25, 0.3) is 0 Å². The Labute approximate surface area is 148 Å². The molecule has 1 aromatic carbocycles. The summed E-state index contributed by atoms with van der Waals surface area (Å²) in [7, 11) is 4.34. The number of carbonyl (C=O) groups excluding carboxylic acids is 2. The van der Waals surface area contributed by atoms with E-state index in [4.69, 9.17) is 18.9 Å². The van der Waals surface area contributed by atoms with Crippen LogP contribution in [0.4, 0.5) is 4.79 Å². The Morgan fingerprint density at radius 2 is 1.60 bits per heavy atom. The highest BCUT2D eigenvalue weighted by molar-refractivity contribution is 5.85. The smallest absolute Gasteiger partial charge is 0.408 e. The Morgan fingerprint density at radius 1 is 1.00 bits per heavy atom. The Morgan fingerprint density at radius 3 is 2.08 bits per heavy atom. The Kier molecular flexibility index (Phi) is 6.67. The van der Waals surface area contributed by atoms with E-state index in [1.54, 1.807) is 53.0 Å². The second kappa shape index (κ2) is 8.09. The van der Waals surface area contributed by atoms with E-state index in [2.05, 4.69) is 5.32 Å². The van der Waals surface area contributed by atoms with Gasteiger partial charge in [0, 0.05) is 6.42 Å². The minimum Gasteiger partial charge on any atom is -0.493 e. The van der Waals surface area contributed by atoms with E-state index in [0.717, 1.165) is 5.56 Å². The summed E-state index contributed by atoms with van der Waals surface area (Å²) in [5, 5.41) is 2.61. The van der Waals surface area contributed by atoms with Crippen LogP contribution < -0.4 is 14.8 Å². The highest BCUT2D eigenvalue weighted by Gasteiger charge is 2.38. The number of ether oxygens (including phenoxy) is 4. The topological polar surface area (TPSA) is 83.1 Å². The maximum Gasteiger partial charge on any atom is 0.408 e. The second-order valence-electron chi connectivity index (χ2n) is 6.82. The molecule has 1 N–H and O–H groups in total. The number of methoxy groups -OCH3 is 3. The number of alkyl carbamates (subject to hydrolysis) is 1. The van der Waals surface area contributed by atoms with Crippen LogP contribution in [0.2, 0.25) is 0 Å². The lowest BCUT2D eigenvalue weighted by Gasteiger charge is -2.30. The van der Waals surface area contributed by atoms with Gasteiger partial charge in [-0.25, -0.2) is 9.59 Å². The summed E-state index contributed by atoms with van der Waals surface area (Å²) in [5.74, 6) is 0.531.